The second kappa shape index (κ2) is 5.81. The molecule has 3 heteroatoms. The Hall–Kier alpha value is -1.37. The Morgan fingerprint density at radius 2 is 1.29 bits per heavy atom. The average molecular weight is 257 g/mol. The van der Waals surface area contributed by atoms with Crippen LogP contribution in [-0.2, 0) is 0 Å². The van der Waals surface area contributed by atoms with E-state index >= 15 is 0 Å². The van der Waals surface area contributed by atoms with Gasteiger partial charge in [-0.05, 0) is 43.3 Å². The Labute approximate surface area is 109 Å². The summed E-state index contributed by atoms with van der Waals surface area (Å²) >= 11 is 0. The topological polar surface area (TPSA) is 23.8 Å². The third-order valence-electron chi connectivity index (χ3n) is 2.24. The van der Waals surface area contributed by atoms with Gasteiger partial charge < -0.3 is 0 Å². The summed E-state index contributed by atoms with van der Waals surface area (Å²) in [4.78, 5) is 2.40. The Morgan fingerprint density at radius 1 is 0.824 bits per heavy atom. The SMILES string of the molecule is Cc1ccc(SSc2ccc(C#N)cc2)cc1. The van der Waals surface area contributed by atoms with E-state index in [0.717, 1.165) is 4.90 Å². The van der Waals surface area contributed by atoms with Gasteiger partial charge in [-0.3, -0.25) is 0 Å². The van der Waals surface area contributed by atoms with Crippen molar-refractivity contribution in [3.05, 3.63) is 59.7 Å². The molecule has 0 aliphatic carbocycles. The number of hydrogen-bond donors (Lipinski definition) is 0. The summed E-state index contributed by atoms with van der Waals surface area (Å²) < 4.78 is 0. The van der Waals surface area contributed by atoms with Gasteiger partial charge in [0, 0.05) is 9.79 Å². The summed E-state index contributed by atoms with van der Waals surface area (Å²) in [6, 6.07) is 18.2. The molecule has 0 radical (unpaired) electrons. The first-order chi connectivity index (χ1) is 8.28. The van der Waals surface area contributed by atoms with Gasteiger partial charge in [0.15, 0.2) is 0 Å². The monoisotopic (exact) mass is 257 g/mol. The molecule has 0 amide bonds. The number of hydrogen-bond acceptors (Lipinski definition) is 3. The summed E-state index contributed by atoms with van der Waals surface area (Å²) in [6.45, 7) is 2.09. The molecule has 0 unspecified atom stereocenters. The van der Waals surface area contributed by atoms with Crippen LogP contribution in [0.25, 0.3) is 0 Å². The first-order valence-electron chi connectivity index (χ1n) is 5.19. The van der Waals surface area contributed by atoms with Gasteiger partial charge >= 0.3 is 0 Å². The van der Waals surface area contributed by atoms with Gasteiger partial charge in [-0.15, -0.1) is 0 Å². The lowest BCUT2D eigenvalue weighted by Gasteiger charge is -2.01. The van der Waals surface area contributed by atoms with E-state index in [9.17, 15) is 0 Å². The number of nitrogens with zero attached hydrogens (tertiary/aromatic N) is 1. The van der Waals surface area contributed by atoms with Gasteiger partial charge in [0.1, 0.15) is 0 Å². The van der Waals surface area contributed by atoms with Crippen molar-refractivity contribution in [2.45, 2.75) is 16.7 Å². The van der Waals surface area contributed by atoms with E-state index in [1.165, 1.54) is 10.5 Å². The van der Waals surface area contributed by atoms with Crippen molar-refractivity contribution < 1.29 is 0 Å². The largest absolute Gasteiger partial charge is 0.192 e. The van der Waals surface area contributed by atoms with Crippen molar-refractivity contribution >= 4 is 21.6 Å². The van der Waals surface area contributed by atoms with E-state index in [1.807, 2.05) is 24.3 Å². The second-order valence-corrected chi connectivity index (χ2v) is 5.89. The molecule has 0 saturated carbocycles. The van der Waals surface area contributed by atoms with Crippen molar-refractivity contribution in [2.75, 3.05) is 0 Å². The molecule has 0 heterocycles. The van der Waals surface area contributed by atoms with Crippen LogP contribution in [0.15, 0.2) is 58.3 Å². The molecule has 0 aliphatic rings. The molecule has 0 spiro atoms. The quantitative estimate of drug-likeness (QED) is 0.747. The first-order valence-corrected chi connectivity index (χ1v) is 7.34. The predicted molar refractivity (Wildman–Crippen MR) is 74.1 cm³/mol. The van der Waals surface area contributed by atoms with Crippen LogP contribution in [0.1, 0.15) is 11.1 Å². The molecular weight excluding hydrogens is 246 g/mol. The molecule has 0 fully saturated rings. The second-order valence-electron chi connectivity index (χ2n) is 3.62. The third-order valence-corrected chi connectivity index (χ3v) is 4.66. The van der Waals surface area contributed by atoms with E-state index in [1.54, 1.807) is 21.6 Å². The fourth-order valence-corrected chi connectivity index (χ4v) is 3.21. The highest BCUT2D eigenvalue weighted by Crippen LogP contribution is 2.37. The standard InChI is InChI=1S/C14H11NS2/c1-11-2-6-13(7-3-11)16-17-14-8-4-12(10-15)5-9-14/h2-9H,1H3. The number of nitriles is 1. The first kappa shape index (κ1) is 12.1. The van der Waals surface area contributed by atoms with Crippen LogP contribution in [-0.4, -0.2) is 0 Å². The Kier molecular flexibility index (Phi) is 4.13. The maximum Gasteiger partial charge on any atom is 0.0991 e. The minimum Gasteiger partial charge on any atom is -0.192 e. The molecule has 0 N–H and O–H groups in total. The van der Waals surface area contributed by atoms with Crippen LogP contribution in [0.2, 0.25) is 0 Å². The molecule has 2 aromatic rings. The summed E-state index contributed by atoms with van der Waals surface area (Å²) in [5, 5.41) is 8.70. The molecule has 84 valence electrons. The highest BCUT2D eigenvalue weighted by molar-refractivity contribution is 8.76. The summed E-state index contributed by atoms with van der Waals surface area (Å²) in [5.74, 6) is 0. The van der Waals surface area contributed by atoms with E-state index in [0.29, 0.717) is 5.56 Å². The Bertz CT molecular complexity index is 524. The van der Waals surface area contributed by atoms with Crippen molar-refractivity contribution in [1.29, 1.82) is 5.26 Å². The molecule has 0 bridgehead atoms. The summed E-state index contributed by atoms with van der Waals surface area (Å²) in [5.41, 5.74) is 1.98. The zero-order valence-corrected chi connectivity index (χ0v) is 11.0. The molecule has 0 aromatic heterocycles. The summed E-state index contributed by atoms with van der Waals surface area (Å²) in [7, 11) is 3.44. The lowest BCUT2D eigenvalue weighted by molar-refractivity contribution is 1.38. The molecule has 2 aromatic carbocycles. The van der Waals surface area contributed by atoms with Gasteiger partial charge in [0.05, 0.1) is 11.6 Å². The predicted octanol–water partition coefficient (Wildman–Crippen LogP) is 4.67. The number of benzene rings is 2. The molecular formula is C14H11NS2. The Morgan fingerprint density at radius 3 is 1.76 bits per heavy atom. The van der Waals surface area contributed by atoms with Crippen molar-refractivity contribution in [1.82, 2.24) is 0 Å². The maximum atomic E-state index is 8.70. The zero-order valence-electron chi connectivity index (χ0n) is 9.38. The van der Waals surface area contributed by atoms with E-state index < -0.39 is 0 Å². The fourth-order valence-electron chi connectivity index (χ4n) is 1.28. The number of rotatable bonds is 3. The molecule has 17 heavy (non-hydrogen) atoms. The summed E-state index contributed by atoms with van der Waals surface area (Å²) in [6.07, 6.45) is 0. The van der Waals surface area contributed by atoms with Crippen LogP contribution in [0.5, 0.6) is 0 Å². The molecule has 0 saturated heterocycles. The normalized spacial score (nSPS) is 9.88. The van der Waals surface area contributed by atoms with E-state index in [2.05, 4.69) is 37.3 Å². The van der Waals surface area contributed by atoms with Crippen molar-refractivity contribution in [3.63, 3.8) is 0 Å². The van der Waals surface area contributed by atoms with Gasteiger partial charge in [-0.25, -0.2) is 0 Å². The van der Waals surface area contributed by atoms with Crippen LogP contribution < -0.4 is 0 Å². The van der Waals surface area contributed by atoms with Crippen LogP contribution >= 0.6 is 21.6 Å². The minimum atomic E-state index is 0.703. The van der Waals surface area contributed by atoms with Gasteiger partial charge in [-0.2, -0.15) is 5.26 Å². The third kappa shape index (κ3) is 3.55. The smallest absolute Gasteiger partial charge is 0.0991 e. The fraction of sp³-hybridized carbons (Fsp3) is 0.0714. The Balaban J connectivity index is 1.98. The van der Waals surface area contributed by atoms with E-state index in [4.69, 9.17) is 5.26 Å². The zero-order chi connectivity index (χ0) is 12.1. The van der Waals surface area contributed by atoms with Crippen molar-refractivity contribution in [2.24, 2.45) is 0 Å². The molecule has 0 aliphatic heterocycles. The van der Waals surface area contributed by atoms with Crippen molar-refractivity contribution in [3.8, 4) is 6.07 Å². The molecule has 2 rings (SSSR count). The number of aryl methyl sites for hydroxylation is 1. The van der Waals surface area contributed by atoms with Crippen LogP contribution in [0.3, 0.4) is 0 Å². The maximum absolute atomic E-state index is 8.70. The van der Waals surface area contributed by atoms with Gasteiger partial charge in [-0.1, -0.05) is 39.3 Å². The molecule has 1 nitrogen and oxygen atoms in total. The lowest BCUT2D eigenvalue weighted by Crippen LogP contribution is -1.74. The van der Waals surface area contributed by atoms with Crippen LogP contribution in [0.4, 0.5) is 0 Å². The van der Waals surface area contributed by atoms with Gasteiger partial charge in [0.25, 0.3) is 0 Å². The molecule has 0 atom stereocenters. The highest BCUT2D eigenvalue weighted by atomic mass is 33.1. The van der Waals surface area contributed by atoms with Gasteiger partial charge in [0.2, 0.25) is 0 Å². The highest BCUT2D eigenvalue weighted by Gasteiger charge is 1.98. The van der Waals surface area contributed by atoms with Crippen LogP contribution in [0, 0.1) is 18.3 Å². The average Bonchev–Trinajstić information content (AvgIpc) is 2.39. The van der Waals surface area contributed by atoms with E-state index in [-0.39, 0.29) is 0 Å². The lowest BCUT2D eigenvalue weighted by atomic mass is 10.2. The minimum absolute atomic E-state index is 0.703.